The first-order valence-corrected chi connectivity index (χ1v) is 6.25. The molecule has 0 radical (unpaired) electrons. The number of amides is 2. The summed E-state index contributed by atoms with van der Waals surface area (Å²) >= 11 is 0. The van der Waals surface area contributed by atoms with Crippen LogP contribution in [0, 0.1) is 0 Å². The molecule has 0 saturated carbocycles. The van der Waals surface area contributed by atoms with Crippen molar-refractivity contribution < 1.29 is 19.8 Å². The number of fused-ring (bicyclic) bond motifs is 1. The van der Waals surface area contributed by atoms with Crippen molar-refractivity contribution >= 4 is 17.5 Å². The molecule has 106 valence electrons. The third-order valence-electron chi connectivity index (χ3n) is 3.46. The number of carbonyl (C=O) groups excluding carboxylic acids is 2. The Labute approximate surface area is 120 Å². The molecule has 0 fully saturated rings. The van der Waals surface area contributed by atoms with E-state index in [2.05, 4.69) is 0 Å². The van der Waals surface area contributed by atoms with E-state index in [-0.39, 0.29) is 40.4 Å². The van der Waals surface area contributed by atoms with Crippen molar-refractivity contribution in [1.82, 2.24) is 4.90 Å². The summed E-state index contributed by atoms with van der Waals surface area (Å²) in [5.74, 6) is -1.62. The van der Waals surface area contributed by atoms with Gasteiger partial charge in [-0.3, -0.25) is 14.5 Å². The largest absolute Gasteiger partial charge is 0.504 e. The Kier molecular flexibility index (Phi) is 2.79. The number of aromatic hydroxyl groups is 2. The van der Waals surface area contributed by atoms with Gasteiger partial charge in [0, 0.05) is 11.3 Å². The Morgan fingerprint density at radius 2 is 1.71 bits per heavy atom. The van der Waals surface area contributed by atoms with Crippen LogP contribution < -0.4 is 5.73 Å². The minimum absolute atomic E-state index is 0.133. The molecular weight excluding hydrogens is 272 g/mol. The predicted octanol–water partition coefficient (Wildman–Crippen LogP) is 1.48. The number of hydrogen-bond donors (Lipinski definition) is 3. The molecule has 1 aliphatic heterocycles. The average Bonchev–Trinajstić information content (AvgIpc) is 2.70. The summed E-state index contributed by atoms with van der Waals surface area (Å²) < 4.78 is 0. The third-order valence-corrected chi connectivity index (χ3v) is 3.46. The molecule has 3 rings (SSSR count). The Bertz CT molecular complexity index is 770. The van der Waals surface area contributed by atoms with Crippen molar-refractivity contribution in [2.75, 3.05) is 5.73 Å². The second kappa shape index (κ2) is 4.52. The van der Waals surface area contributed by atoms with Gasteiger partial charge in [0.1, 0.15) is 0 Å². The molecule has 0 spiro atoms. The molecule has 1 aliphatic rings. The highest BCUT2D eigenvalue weighted by Crippen LogP contribution is 2.33. The minimum Gasteiger partial charge on any atom is -0.504 e. The van der Waals surface area contributed by atoms with Crippen LogP contribution in [0.2, 0.25) is 0 Å². The second-order valence-electron chi connectivity index (χ2n) is 4.75. The lowest BCUT2D eigenvalue weighted by atomic mass is 10.1. The zero-order chi connectivity index (χ0) is 15.1. The van der Waals surface area contributed by atoms with Crippen LogP contribution in [0.15, 0.2) is 36.4 Å². The van der Waals surface area contributed by atoms with Crippen molar-refractivity contribution in [3.63, 3.8) is 0 Å². The molecule has 0 saturated heterocycles. The summed E-state index contributed by atoms with van der Waals surface area (Å²) in [6.07, 6.45) is 0. The lowest BCUT2D eigenvalue weighted by Gasteiger charge is -2.15. The number of para-hydroxylation sites is 1. The molecule has 0 aliphatic carbocycles. The van der Waals surface area contributed by atoms with Crippen LogP contribution in [0.1, 0.15) is 26.3 Å². The highest BCUT2D eigenvalue weighted by Gasteiger charge is 2.37. The van der Waals surface area contributed by atoms with Gasteiger partial charge in [-0.2, -0.15) is 0 Å². The van der Waals surface area contributed by atoms with Crippen LogP contribution in [0.4, 0.5) is 5.69 Å². The van der Waals surface area contributed by atoms with Crippen molar-refractivity contribution in [2.24, 2.45) is 0 Å². The molecule has 4 N–H and O–H groups in total. The fourth-order valence-corrected chi connectivity index (χ4v) is 2.38. The summed E-state index contributed by atoms with van der Waals surface area (Å²) in [7, 11) is 0. The standard InChI is InChI=1S/C15H12N2O4/c16-10-5-2-4-9-12(10)15(21)17(14(9)20)7-8-3-1-6-11(18)13(8)19/h1-6,18-19H,7,16H2. The Balaban J connectivity index is 1.99. The van der Waals surface area contributed by atoms with E-state index in [1.54, 1.807) is 12.1 Å². The average molecular weight is 284 g/mol. The lowest BCUT2D eigenvalue weighted by molar-refractivity contribution is 0.0641. The van der Waals surface area contributed by atoms with Crippen molar-refractivity contribution in [3.05, 3.63) is 53.1 Å². The normalized spacial score (nSPS) is 13.6. The number of imide groups is 1. The lowest BCUT2D eigenvalue weighted by Crippen LogP contribution is -2.29. The third kappa shape index (κ3) is 1.88. The van der Waals surface area contributed by atoms with Crippen LogP contribution in [-0.4, -0.2) is 26.9 Å². The van der Waals surface area contributed by atoms with Gasteiger partial charge >= 0.3 is 0 Å². The quantitative estimate of drug-likeness (QED) is 0.440. The van der Waals surface area contributed by atoms with Gasteiger partial charge in [0.05, 0.1) is 17.7 Å². The van der Waals surface area contributed by atoms with E-state index >= 15 is 0 Å². The van der Waals surface area contributed by atoms with E-state index in [0.717, 1.165) is 4.90 Å². The highest BCUT2D eigenvalue weighted by atomic mass is 16.3. The maximum atomic E-state index is 12.3. The van der Waals surface area contributed by atoms with Gasteiger partial charge in [-0.05, 0) is 18.2 Å². The predicted molar refractivity (Wildman–Crippen MR) is 74.8 cm³/mol. The number of nitrogen functional groups attached to an aromatic ring is 1. The number of nitrogens with zero attached hydrogens (tertiary/aromatic N) is 1. The van der Waals surface area contributed by atoms with Gasteiger partial charge in [-0.15, -0.1) is 0 Å². The van der Waals surface area contributed by atoms with Crippen LogP contribution in [0.3, 0.4) is 0 Å². The number of anilines is 1. The molecular formula is C15H12N2O4. The van der Waals surface area contributed by atoms with E-state index in [0.29, 0.717) is 0 Å². The monoisotopic (exact) mass is 284 g/mol. The van der Waals surface area contributed by atoms with Gasteiger partial charge in [0.15, 0.2) is 11.5 Å². The number of benzene rings is 2. The molecule has 0 bridgehead atoms. The van der Waals surface area contributed by atoms with Crippen molar-refractivity contribution in [2.45, 2.75) is 6.54 Å². The molecule has 2 amide bonds. The summed E-state index contributed by atoms with van der Waals surface area (Å²) in [6.45, 7) is -0.133. The molecule has 6 heteroatoms. The van der Waals surface area contributed by atoms with Crippen LogP contribution in [0.25, 0.3) is 0 Å². The minimum atomic E-state index is -0.504. The molecule has 1 heterocycles. The Hall–Kier alpha value is -3.02. The summed E-state index contributed by atoms with van der Waals surface area (Å²) in [5.41, 5.74) is 6.70. The fraction of sp³-hybridized carbons (Fsp3) is 0.0667. The van der Waals surface area contributed by atoms with E-state index in [1.807, 2.05) is 0 Å². The SMILES string of the molecule is Nc1cccc2c1C(=O)N(Cc1cccc(O)c1O)C2=O. The highest BCUT2D eigenvalue weighted by molar-refractivity contribution is 6.23. The van der Waals surface area contributed by atoms with E-state index in [1.165, 1.54) is 24.3 Å². The van der Waals surface area contributed by atoms with Gasteiger partial charge in [-0.1, -0.05) is 18.2 Å². The zero-order valence-corrected chi connectivity index (χ0v) is 10.9. The topological polar surface area (TPSA) is 104 Å². The number of phenols is 2. The number of rotatable bonds is 2. The molecule has 0 atom stereocenters. The molecule has 21 heavy (non-hydrogen) atoms. The number of carbonyl (C=O) groups is 2. The van der Waals surface area contributed by atoms with Gasteiger partial charge < -0.3 is 15.9 Å². The van der Waals surface area contributed by atoms with Crippen molar-refractivity contribution in [3.8, 4) is 11.5 Å². The maximum absolute atomic E-state index is 12.3. The summed E-state index contributed by atoms with van der Waals surface area (Å²) in [6, 6.07) is 9.07. The van der Waals surface area contributed by atoms with Crippen LogP contribution >= 0.6 is 0 Å². The number of hydrogen-bond acceptors (Lipinski definition) is 5. The Morgan fingerprint density at radius 1 is 1.00 bits per heavy atom. The first-order chi connectivity index (χ1) is 10.0. The van der Waals surface area contributed by atoms with Gasteiger partial charge in [0.2, 0.25) is 0 Å². The van der Waals surface area contributed by atoms with E-state index < -0.39 is 11.8 Å². The zero-order valence-electron chi connectivity index (χ0n) is 10.9. The molecule has 0 unspecified atom stereocenters. The smallest absolute Gasteiger partial charge is 0.263 e. The van der Waals surface area contributed by atoms with E-state index in [9.17, 15) is 19.8 Å². The molecule has 6 nitrogen and oxygen atoms in total. The number of nitrogens with two attached hydrogens (primary N) is 1. The van der Waals surface area contributed by atoms with Gasteiger partial charge in [0.25, 0.3) is 11.8 Å². The second-order valence-corrected chi connectivity index (χ2v) is 4.75. The first-order valence-electron chi connectivity index (χ1n) is 6.25. The number of phenolic OH excluding ortho intramolecular Hbond substituents is 2. The fourth-order valence-electron chi connectivity index (χ4n) is 2.38. The summed E-state index contributed by atoms with van der Waals surface area (Å²) in [4.78, 5) is 25.6. The van der Waals surface area contributed by atoms with E-state index in [4.69, 9.17) is 5.73 Å². The van der Waals surface area contributed by atoms with Crippen LogP contribution in [-0.2, 0) is 6.54 Å². The van der Waals surface area contributed by atoms with Crippen LogP contribution in [0.5, 0.6) is 11.5 Å². The maximum Gasteiger partial charge on any atom is 0.263 e. The Morgan fingerprint density at radius 3 is 2.43 bits per heavy atom. The molecule has 0 aromatic heterocycles. The van der Waals surface area contributed by atoms with Gasteiger partial charge in [-0.25, -0.2) is 0 Å². The molecule has 2 aromatic carbocycles. The van der Waals surface area contributed by atoms with Crippen molar-refractivity contribution in [1.29, 1.82) is 0 Å². The summed E-state index contributed by atoms with van der Waals surface area (Å²) in [5, 5.41) is 19.2. The molecule has 2 aromatic rings. The first kappa shape index (κ1) is 13.0.